The third-order valence-electron chi connectivity index (χ3n) is 1.42. The SMILES string of the molecule is O=C=C1C[CH]CCC1. The van der Waals surface area contributed by atoms with Gasteiger partial charge < -0.3 is 0 Å². The van der Waals surface area contributed by atoms with E-state index in [-0.39, 0.29) is 0 Å². The molecule has 1 nitrogen and oxygen atoms in total. The lowest BCUT2D eigenvalue weighted by Crippen LogP contribution is -1.93. The Morgan fingerprint density at radius 1 is 1.62 bits per heavy atom. The topological polar surface area (TPSA) is 17.1 Å². The molecule has 0 aromatic heterocycles. The summed E-state index contributed by atoms with van der Waals surface area (Å²) in [5.74, 6) is 1.94. The van der Waals surface area contributed by atoms with E-state index >= 15 is 0 Å². The summed E-state index contributed by atoms with van der Waals surface area (Å²) in [6.07, 6.45) is 6.31. The molecule has 0 bridgehead atoms. The highest BCUT2D eigenvalue weighted by Crippen LogP contribution is 2.18. The van der Waals surface area contributed by atoms with Crippen LogP contribution in [0.5, 0.6) is 0 Å². The maximum absolute atomic E-state index is 9.98. The molecule has 43 valence electrons. The molecule has 1 fully saturated rings. The molecule has 0 aliphatic heterocycles. The lowest BCUT2D eigenvalue weighted by molar-refractivity contribution is 0.562. The van der Waals surface area contributed by atoms with Crippen molar-refractivity contribution >= 4 is 5.94 Å². The number of allylic oxidation sites excluding steroid dienone is 1. The molecule has 0 saturated heterocycles. The molecule has 1 rings (SSSR count). The molecule has 0 aromatic carbocycles. The Morgan fingerprint density at radius 2 is 2.50 bits per heavy atom. The normalized spacial score (nSPS) is 20.2. The zero-order valence-electron chi connectivity index (χ0n) is 4.81. The van der Waals surface area contributed by atoms with Crippen LogP contribution in [-0.2, 0) is 4.79 Å². The summed E-state index contributed by atoms with van der Waals surface area (Å²) in [7, 11) is 0. The molecule has 0 atom stereocenters. The first-order chi connectivity index (χ1) is 3.93. The van der Waals surface area contributed by atoms with Crippen LogP contribution in [-0.4, -0.2) is 5.94 Å². The van der Waals surface area contributed by atoms with Gasteiger partial charge in [0, 0.05) is 5.57 Å². The number of carbonyl (C=O) groups excluding carboxylic acids is 1. The quantitative estimate of drug-likeness (QED) is 0.431. The molecule has 1 aliphatic rings. The van der Waals surface area contributed by atoms with Crippen molar-refractivity contribution in [3.63, 3.8) is 0 Å². The van der Waals surface area contributed by atoms with Crippen LogP contribution in [0.2, 0.25) is 0 Å². The van der Waals surface area contributed by atoms with E-state index in [1.54, 1.807) is 0 Å². The molecule has 0 unspecified atom stereocenters. The Bertz CT molecular complexity index is 112. The van der Waals surface area contributed by atoms with Crippen LogP contribution in [0, 0.1) is 6.42 Å². The van der Waals surface area contributed by atoms with Crippen molar-refractivity contribution in [1.82, 2.24) is 0 Å². The summed E-state index contributed by atoms with van der Waals surface area (Å²) in [6.45, 7) is 0. The minimum absolute atomic E-state index is 0.878. The maximum Gasteiger partial charge on any atom is 0.123 e. The summed E-state index contributed by atoms with van der Waals surface area (Å²) in [5.41, 5.74) is 0.941. The summed E-state index contributed by atoms with van der Waals surface area (Å²) >= 11 is 0. The first kappa shape index (κ1) is 5.58. The second-order valence-electron chi connectivity index (χ2n) is 2.09. The van der Waals surface area contributed by atoms with Crippen LogP contribution in [0.3, 0.4) is 0 Å². The molecule has 0 amide bonds. The predicted octanol–water partition coefficient (Wildman–Crippen LogP) is 1.52. The lowest BCUT2D eigenvalue weighted by atomic mass is 9.96. The molecule has 1 radical (unpaired) electrons. The van der Waals surface area contributed by atoms with Crippen molar-refractivity contribution in [1.29, 1.82) is 0 Å². The molecule has 1 aliphatic carbocycles. The molecular formula is C7H9O. The molecule has 0 spiro atoms. The molecule has 1 saturated carbocycles. The van der Waals surface area contributed by atoms with E-state index in [1.165, 1.54) is 6.42 Å². The Hall–Kier alpha value is -0.550. The third-order valence-corrected chi connectivity index (χ3v) is 1.42. The summed E-state index contributed by atoms with van der Waals surface area (Å²) in [5, 5.41) is 0. The van der Waals surface area contributed by atoms with Gasteiger partial charge in [-0.3, -0.25) is 0 Å². The molecule has 0 heterocycles. The van der Waals surface area contributed by atoms with Crippen molar-refractivity contribution in [3.8, 4) is 0 Å². The third kappa shape index (κ3) is 1.21. The molecule has 0 aromatic rings. The average molecular weight is 109 g/mol. The highest BCUT2D eigenvalue weighted by Gasteiger charge is 2.04. The van der Waals surface area contributed by atoms with Crippen LogP contribution in [0.1, 0.15) is 25.7 Å². The van der Waals surface area contributed by atoms with E-state index in [9.17, 15) is 4.79 Å². The van der Waals surface area contributed by atoms with Gasteiger partial charge in [0.15, 0.2) is 0 Å². The van der Waals surface area contributed by atoms with Crippen LogP contribution >= 0.6 is 0 Å². The summed E-state index contributed by atoms with van der Waals surface area (Å²) in [4.78, 5) is 9.98. The first-order valence-corrected chi connectivity index (χ1v) is 2.98. The van der Waals surface area contributed by atoms with Gasteiger partial charge in [0.25, 0.3) is 0 Å². The zero-order valence-corrected chi connectivity index (χ0v) is 4.81. The fourth-order valence-corrected chi connectivity index (χ4v) is 0.931. The first-order valence-electron chi connectivity index (χ1n) is 2.98. The van der Waals surface area contributed by atoms with Crippen LogP contribution < -0.4 is 0 Å². The van der Waals surface area contributed by atoms with Gasteiger partial charge in [0.2, 0.25) is 0 Å². The summed E-state index contributed by atoms with van der Waals surface area (Å²) in [6, 6.07) is 0. The maximum atomic E-state index is 9.98. The molecule has 8 heavy (non-hydrogen) atoms. The second kappa shape index (κ2) is 2.68. The van der Waals surface area contributed by atoms with Crippen LogP contribution in [0.25, 0.3) is 0 Å². The smallest absolute Gasteiger partial charge is 0.123 e. The van der Waals surface area contributed by atoms with Crippen molar-refractivity contribution in [2.75, 3.05) is 0 Å². The average Bonchev–Trinajstić information content (AvgIpc) is 1.90. The Morgan fingerprint density at radius 3 is 2.88 bits per heavy atom. The van der Waals surface area contributed by atoms with Crippen molar-refractivity contribution in [2.45, 2.75) is 25.7 Å². The van der Waals surface area contributed by atoms with Crippen molar-refractivity contribution in [2.24, 2.45) is 0 Å². The number of hydrogen-bond donors (Lipinski definition) is 0. The predicted molar refractivity (Wildman–Crippen MR) is 32.0 cm³/mol. The Labute approximate surface area is 49.4 Å². The van der Waals surface area contributed by atoms with Gasteiger partial charge in [0.05, 0.1) is 0 Å². The van der Waals surface area contributed by atoms with Gasteiger partial charge in [-0.25, -0.2) is 4.79 Å². The number of hydrogen-bond acceptors (Lipinski definition) is 1. The zero-order chi connectivity index (χ0) is 5.82. The Kier molecular flexibility index (Phi) is 1.87. The van der Waals surface area contributed by atoms with Crippen LogP contribution in [0.15, 0.2) is 5.57 Å². The highest BCUT2D eigenvalue weighted by molar-refractivity contribution is 5.53. The minimum Gasteiger partial charge on any atom is -0.234 e. The van der Waals surface area contributed by atoms with Gasteiger partial charge in [-0.05, 0) is 32.1 Å². The van der Waals surface area contributed by atoms with Crippen molar-refractivity contribution < 1.29 is 4.79 Å². The van der Waals surface area contributed by atoms with E-state index in [0.29, 0.717) is 0 Å². The van der Waals surface area contributed by atoms with E-state index in [4.69, 9.17) is 0 Å². The fraction of sp³-hybridized carbons (Fsp3) is 0.571. The minimum atomic E-state index is 0.878. The number of rotatable bonds is 0. The standard InChI is InChI=1S/C7H9O/c8-6-7-4-2-1-3-5-7/h2H,1,3-5H2. The van der Waals surface area contributed by atoms with Gasteiger partial charge in [-0.1, -0.05) is 0 Å². The van der Waals surface area contributed by atoms with E-state index in [0.717, 1.165) is 24.8 Å². The van der Waals surface area contributed by atoms with Gasteiger partial charge in [0.1, 0.15) is 5.94 Å². The monoisotopic (exact) mass is 109 g/mol. The molecule has 1 heteroatoms. The van der Waals surface area contributed by atoms with Gasteiger partial charge >= 0.3 is 0 Å². The van der Waals surface area contributed by atoms with E-state index in [2.05, 4.69) is 6.42 Å². The Balaban J connectivity index is 2.45. The highest BCUT2D eigenvalue weighted by atomic mass is 16.1. The van der Waals surface area contributed by atoms with Crippen LogP contribution in [0.4, 0.5) is 0 Å². The lowest BCUT2D eigenvalue weighted by Gasteiger charge is -2.07. The van der Waals surface area contributed by atoms with E-state index in [1.807, 2.05) is 5.94 Å². The second-order valence-corrected chi connectivity index (χ2v) is 2.09. The summed E-state index contributed by atoms with van der Waals surface area (Å²) < 4.78 is 0. The largest absolute Gasteiger partial charge is 0.234 e. The molecule has 0 N–H and O–H groups in total. The van der Waals surface area contributed by atoms with Gasteiger partial charge in [-0.15, -0.1) is 0 Å². The van der Waals surface area contributed by atoms with Crippen molar-refractivity contribution in [3.05, 3.63) is 12.0 Å². The molecular weight excluding hydrogens is 100 g/mol. The van der Waals surface area contributed by atoms with Gasteiger partial charge in [-0.2, -0.15) is 0 Å². The fourth-order valence-electron chi connectivity index (χ4n) is 0.931. The van der Waals surface area contributed by atoms with E-state index < -0.39 is 0 Å².